The maximum atomic E-state index is 12.6. The van der Waals surface area contributed by atoms with E-state index < -0.39 is 0 Å². The third kappa shape index (κ3) is 5.98. The maximum absolute atomic E-state index is 12.6. The molecular formula is C22H32IN5O. The summed E-state index contributed by atoms with van der Waals surface area (Å²) in [7, 11) is 4.09. The van der Waals surface area contributed by atoms with Crippen LogP contribution >= 0.6 is 24.0 Å². The number of carbonyl (C=O) groups excluding carboxylic acids is 1. The van der Waals surface area contributed by atoms with E-state index >= 15 is 0 Å². The monoisotopic (exact) mass is 509 g/mol. The molecule has 0 saturated carbocycles. The molecule has 1 N–H and O–H groups in total. The van der Waals surface area contributed by atoms with Gasteiger partial charge in [-0.2, -0.15) is 0 Å². The number of hydrogen-bond acceptors (Lipinski definition) is 2. The molecule has 2 heterocycles. The highest BCUT2D eigenvalue weighted by Crippen LogP contribution is 2.28. The topological polar surface area (TPSA) is 52.9 Å². The Morgan fingerprint density at radius 2 is 2.03 bits per heavy atom. The SMILES string of the molecule is CCNC(=NCCCC(=O)N1CCc2ccccc21)N(C)Cc1cccn1C.I. The summed E-state index contributed by atoms with van der Waals surface area (Å²) >= 11 is 0. The number of aryl methyl sites for hydroxylation is 1. The van der Waals surface area contributed by atoms with Crippen LogP contribution in [0.4, 0.5) is 5.69 Å². The van der Waals surface area contributed by atoms with Gasteiger partial charge in [-0.1, -0.05) is 18.2 Å². The molecule has 7 heteroatoms. The number of nitrogens with zero attached hydrogens (tertiary/aromatic N) is 4. The Balaban J connectivity index is 0.00000300. The molecule has 0 atom stereocenters. The maximum Gasteiger partial charge on any atom is 0.227 e. The van der Waals surface area contributed by atoms with Crippen molar-refractivity contribution in [2.45, 2.75) is 32.7 Å². The van der Waals surface area contributed by atoms with E-state index in [0.717, 1.165) is 44.1 Å². The van der Waals surface area contributed by atoms with Crippen LogP contribution in [0.15, 0.2) is 47.6 Å². The van der Waals surface area contributed by atoms with Gasteiger partial charge in [-0.15, -0.1) is 24.0 Å². The predicted octanol–water partition coefficient (Wildman–Crippen LogP) is 3.41. The molecule has 0 aliphatic carbocycles. The summed E-state index contributed by atoms with van der Waals surface area (Å²) in [5.41, 5.74) is 3.58. The van der Waals surface area contributed by atoms with Crippen LogP contribution in [-0.2, 0) is 24.8 Å². The summed E-state index contributed by atoms with van der Waals surface area (Å²) in [4.78, 5) is 21.4. The molecule has 1 aromatic heterocycles. The van der Waals surface area contributed by atoms with Gasteiger partial charge in [-0.05, 0) is 43.5 Å². The van der Waals surface area contributed by atoms with Crippen molar-refractivity contribution in [3.63, 3.8) is 0 Å². The molecule has 1 aliphatic heterocycles. The first-order chi connectivity index (χ1) is 13.6. The summed E-state index contributed by atoms with van der Waals surface area (Å²) in [6, 6.07) is 12.4. The first-order valence-electron chi connectivity index (χ1n) is 10.1. The van der Waals surface area contributed by atoms with E-state index in [2.05, 4.69) is 53.2 Å². The number of hydrogen-bond donors (Lipinski definition) is 1. The van der Waals surface area contributed by atoms with Crippen molar-refractivity contribution in [3.8, 4) is 0 Å². The fourth-order valence-electron chi connectivity index (χ4n) is 3.60. The molecule has 6 nitrogen and oxygen atoms in total. The van der Waals surface area contributed by atoms with Gasteiger partial charge in [0, 0.05) is 57.7 Å². The second-order valence-electron chi connectivity index (χ2n) is 7.23. The third-order valence-electron chi connectivity index (χ3n) is 5.15. The second-order valence-corrected chi connectivity index (χ2v) is 7.23. The van der Waals surface area contributed by atoms with Crippen LogP contribution in [0.1, 0.15) is 31.0 Å². The van der Waals surface area contributed by atoms with E-state index in [1.165, 1.54) is 11.3 Å². The van der Waals surface area contributed by atoms with Gasteiger partial charge in [0.05, 0.1) is 6.54 Å². The van der Waals surface area contributed by atoms with Crippen LogP contribution in [-0.4, -0.2) is 48.0 Å². The van der Waals surface area contributed by atoms with E-state index in [9.17, 15) is 4.79 Å². The lowest BCUT2D eigenvalue weighted by molar-refractivity contribution is -0.118. The largest absolute Gasteiger partial charge is 0.357 e. The number of aliphatic imine (C=N–C) groups is 1. The first-order valence-corrected chi connectivity index (χ1v) is 10.1. The van der Waals surface area contributed by atoms with Gasteiger partial charge in [-0.25, -0.2) is 0 Å². The quantitative estimate of drug-likeness (QED) is 0.270. The average Bonchev–Trinajstić information content (AvgIpc) is 3.30. The minimum Gasteiger partial charge on any atom is -0.357 e. The number of fused-ring (bicyclic) bond motifs is 1. The molecule has 0 radical (unpaired) electrons. The Morgan fingerprint density at radius 1 is 1.24 bits per heavy atom. The zero-order chi connectivity index (χ0) is 19.9. The zero-order valence-corrected chi connectivity index (χ0v) is 19.9. The number of rotatable bonds is 7. The predicted molar refractivity (Wildman–Crippen MR) is 130 cm³/mol. The van der Waals surface area contributed by atoms with Gasteiger partial charge in [-0.3, -0.25) is 9.79 Å². The molecule has 0 saturated heterocycles. The molecule has 3 rings (SSSR count). The lowest BCUT2D eigenvalue weighted by atomic mass is 10.2. The first kappa shape index (κ1) is 23.3. The Kier molecular flexibility index (Phi) is 9.00. The number of carbonyl (C=O) groups is 1. The standard InChI is InChI=1S/C22H31N5O.HI/c1-4-23-22(26(3)17-19-10-8-15-25(19)2)24-14-7-12-21(28)27-16-13-18-9-5-6-11-20(18)27;/h5-6,8-11,15H,4,7,12-14,16-17H2,1-3H3,(H,23,24);1H. The van der Waals surface area contributed by atoms with Gasteiger partial charge in [0.15, 0.2) is 5.96 Å². The molecule has 1 amide bonds. The minimum atomic E-state index is 0. The number of benzene rings is 1. The molecule has 0 fully saturated rings. The van der Waals surface area contributed by atoms with E-state index in [4.69, 9.17) is 4.99 Å². The van der Waals surface area contributed by atoms with Gasteiger partial charge in [0.1, 0.15) is 0 Å². The molecule has 0 spiro atoms. The number of halogens is 1. The summed E-state index contributed by atoms with van der Waals surface area (Å²) in [6.07, 6.45) is 4.28. The van der Waals surface area contributed by atoms with Crippen LogP contribution in [0.3, 0.4) is 0 Å². The average molecular weight is 509 g/mol. The lowest BCUT2D eigenvalue weighted by Gasteiger charge is -2.22. The number of amides is 1. The van der Waals surface area contributed by atoms with Gasteiger partial charge in [0.2, 0.25) is 5.91 Å². The summed E-state index contributed by atoms with van der Waals surface area (Å²) in [5, 5.41) is 3.34. The van der Waals surface area contributed by atoms with Crippen LogP contribution in [0.25, 0.3) is 0 Å². The van der Waals surface area contributed by atoms with E-state index in [0.29, 0.717) is 13.0 Å². The molecular weight excluding hydrogens is 477 g/mol. The Labute approximate surface area is 191 Å². The van der Waals surface area contributed by atoms with Crippen molar-refractivity contribution in [1.82, 2.24) is 14.8 Å². The fraction of sp³-hybridized carbons (Fsp3) is 0.455. The number of nitrogens with one attached hydrogen (secondary N) is 1. The van der Waals surface area contributed by atoms with E-state index in [1.54, 1.807) is 0 Å². The summed E-state index contributed by atoms with van der Waals surface area (Å²) in [5.74, 6) is 1.07. The molecule has 158 valence electrons. The van der Waals surface area contributed by atoms with Gasteiger partial charge < -0.3 is 19.7 Å². The highest BCUT2D eigenvalue weighted by atomic mass is 127. The molecule has 29 heavy (non-hydrogen) atoms. The number of anilines is 1. The highest BCUT2D eigenvalue weighted by molar-refractivity contribution is 14.0. The lowest BCUT2D eigenvalue weighted by Crippen LogP contribution is -2.39. The Hall–Kier alpha value is -2.03. The summed E-state index contributed by atoms with van der Waals surface area (Å²) < 4.78 is 2.12. The molecule has 0 unspecified atom stereocenters. The normalized spacial score (nSPS) is 13.1. The molecule has 1 aromatic carbocycles. The van der Waals surface area contributed by atoms with E-state index in [-0.39, 0.29) is 29.9 Å². The summed E-state index contributed by atoms with van der Waals surface area (Å²) in [6.45, 7) is 5.11. The van der Waals surface area contributed by atoms with Crippen LogP contribution in [0, 0.1) is 0 Å². The van der Waals surface area contributed by atoms with Crippen LogP contribution < -0.4 is 10.2 Å². The van der Waals surface area contributed by atoms with Crippen molar-refractivity contribution < 1.29 is 4.79 Å². The molecule has 0 bridgehead atoms. The number of guanidine groups is 1. The van der Waals surface area contributed by atoms with Gasteiger partial charge in [0.25, 0.3) is 0 Å². The number of aromatic nitrogens is 1. The fourth-order valence-corrected chi connectivity index (χ4v) is 3.60. The third-order valence-corrected chi connectivity index (χ3v) is 5.15. The molecule has 2 aromatic rings. The van der Waals surface area contributed by atoms with E-state index in [1.807, 2.05) is 30.1 Å². The second kappa shape index (κ2) is 11.2. The zero-order valence-electron chi connectivity index (χ0n) is 17.6. The van der Waals surface area contributed by atoms with Crippen molar-refractivity contribution >= 4 is 41.5 Å². The van der Waals surface area contributed by atoms with Crippen molar-refractivity contribution in [1.29, 1.82) is 0 Å². The highest BCUT2D eigenvalue weighted by Gasteiger charge is 2.23. The van der Waals surface area contributed by atoms with Crippen LogP contribution in [0.5, 0.6) is 0 Å². The van der Waals surface area contributed by atoms with Crippen molar-refractivity contribution in [2.24, 2.45) is 12.0 Å². The minimum absolute atomic E-state index is 0. The number of para-hydroxylation sites is 1. The Bertz CT molecular complexity index is 832. The van der Waals surface area contributed by atoms with Crippen LogP contribution in [0.2, 0.25) is 0 Å². The molecule has 1 aliphatic rings. The van der Waals surface area contributed by atoms with Crippen molar-refractivity contribution in [2.75, 3.05) is 31.6 Å². The van der Waals surface area contributed by atoms with Crippen molar-refractivity contribution in [3.05, 3.63) is 53.9 Å². The van der Waals surface area contributed by atoms with Gasteiger partial charge >= 0.3 is 0 Å². The Morgan fingerprint density at radius 3 is 2.76 bits per heavy atom. The smallest absolute Gasteiger partial charge is 0.227 e.